The zero-order valence-corrected chi connectivity index (χ0v) is 14.3. The van der Waals surface area contributed by atoms with Crippen LogP contribution in [0.4, 0.5) is 0 Å². The van der Waals surface area contributed by atoms with E-state index in [1.807, 2.05) is 19.1 Å². The van der Waals surface area contributed by atoms with E-state index in [0.717, 1.165) is 49.5 Å². The van der Waals surface area contributed by atoms with Gasteiger partial charge in [-0.05, 0) is 55.3 Å². The molecule has 2 aromatic carbocycles. The monoisotopic (exact) mass is 330 g/mol. The zero-order chi connectivity index (χ0) is 17.4. The van der Waals surface area contributed by atoms with Crippen molar-refractivity contribution in [3.63, 3.8) is 0 Å². The van der Waals surface area contributed by atoms with Crippen LogP contribution >= 0.6 is 0 Å². The average Bonchev–Trinajstić information content (AvgIpc) is 2.55. The number of aromatic hydroxyl groups is 2. The molecule has 2 rings (SSSR count). The molecule has 0 heterocycles. The number of ether oxygens (including phenoxy) is 1. The van der Waals surface area contributed by atoms with Gasteiger partial charge in [0.25, 0.3) is 0 Å². The second-order valence-electron chi connectivity index (χ2n) is 6.05. The fourth-order valence-electron chi connectivity index (χ4n) is 2.99. The lowest BCUT2D eigenvalue weighted by Crippen LogP contribution is -2.03. The minimum Gasteiger partial charge on any atom is -0.508 e. The number of unbranched alkanes of at least 4 members (excludes halogenated alkanes) is 4. The van der Waals surface area contributed by atoms with Gasteiger partial charge in [-0.1, -0.05) is 31.4 Å². The summed E-state index contributed by atoms with van der Waals surface area (Å²) in [5, 5.41) is 21.5. The molecule has 0 aliphatic rings. The van der Waals surface area contributed by atoms with Gasteiger partial charge in [-0.15, -0.1) is 0 Å². The number of hydrogen-bond donors (Lipinski definition) is 2. The Bertz CT molecular complexity index is 679. The van der Waals surface area contributed by atoms with Crippen molar-refractivity contribution in [2.75, 3.05) is 6.61 Å². The van der Waals surface area contributed by atoms with E-state index in [0.29, 0.717) is 18.4 Å². The van der Waals surface area contributed by atoms with Gasteiger partial charge in [0.05, 0.1) is 6.61 Å². The fraction of sp³-hybridized carbons (Fsp3) is 0.450. The van der Waals surface area contributed by atoms with Gasteiger partial charge in [-0.25, -0.2) is 0 Å². The summed E-state index contributed by atoms with van der Waals surface area (Å²) < 4.78 is 4.91. The van der Waals surface area contributed by atoms with Crippen molar-refractivity contribution in [3.8, 4) is 11.5 Å². The van der Waals surface area contributed by atoms with Gasteiger partial charge < -0.3 is 14.9 Å². The van der Waals surface area contributed by atoms with Crippen molar-refractivity contribution in [2.24, 2.45) is 0 Å². The summed E-state index contributed by atoms with van der Waals surface area (Å²) in [5.41, 5.74) is 1.06. The third kappa shape index (κ3) is 5.15. The van der Waals surface area contributed by atoms with Crippen molar-refractivity contribution in [1.29, 1.82) is 0 Å². The predicted octanol–water partition coefficient (Wildman–Crippen LogP) is 4.70. The van der Waals surface area contributed by atoms with Crippen LogP contribution in [0.5, 0.6) is 11.5 Å². The van der Waals surface area contributed by atoms with Crippen LogP contribution in [0.25, 0.3) is 10.8 Å². The lowest BCUT2D eigenvalue weighted by Gasteiger charge is -2.09. The molecule has 0 radical (unpaired) electrons. The van der Waals surface area contributed by atoms with E-state index in [9.17, 15) is 15.0 Å². The SMILES string of the molecule is CCOC(=O)CCCCCCCc1cc(O)cc2c(O)cccc12. The van der Waals surface area contributed by atoms with Gasteiger partial charge in [-0.2, -0.15) is 0 Å². The molecule has 0 unspecified atom stereocenters. The van der Waals surface area contributed by atoms with Gasteiger partial charge in [0, 0.05) is 11.8 Å². The van der Waals surface area contributed by atoms with Crippen LogP contribution in [-0.4, -0.2) is 22.8 Å². The molecule has 0 atom stereocenters. The first-order chi connectivity index (χ1) is 11.6. The Morgan fingerprint density at radius 2 is 1.75 bits per heavy atom. The summed E-state index contributed by atoms with van der Waals surface area (Å²) in [6.45, 7) is 2.27. The minimum atomic E-state index is -0.108. The number of phenols is 2. The fourth-order valence-corrected chi connectivity index (χ4v) is 2.99. The van der Waals surface area contributed by atoms with E-state index in [2.05, 4.69) is 0 Å². The van der Waals surface area contributed by atoms with Gasteiger partial charge >= 0.3 is 5.97 Å². The smallest absolute Gasteiger partial charge is 0.305 e. The molecule has 4 nitrogen and oxygen atoms in total. The van der Waals surface area contributed by atoms with Crippen LogP contribution in [0, 0.1) is 0 Å². The van der Waals surface area contributed by atoms with E-state index >= 15 is 0 Å². The van der Waals surface area contributed by atoms with Crippen LogP contribution in [0.3, 0.4) is 0 Å². The number of hydrogen-bond acceptors (Lipinski definition) is 4. The Hall–Kier alpha value is -2.23. The van der Waals surface area contributed by atoms with E-state index in [1.54, 1.807) is 18.2 Å². The second-order valence-corrected chi connectivity index (χ2v) is 6.05. The molecule has 0 aliphatic heterocycles. The molecule has 0 spiro atoms. The number of rotatable bonds is 9. The second kappa shape index (κ2) is 9.16. The summed E-state index contributed by atoms with van der Waals surface area (Å²) in [6, 6.07) is 8.82. The summed E-state index contributed by atoms with van der Waals surface area (Å²) in [5.74, 6) is 0.278. The van der Waals surface area contributed by atoms with Crippen LogP contribution in [0.1, 0.15) is 51.0 Å². The maximum Gasteiger partial charge on any atom is 0.305 e. The lowest BCUT2D eigenvalue weighted by molar-refractivity contribution is -0.143. The first kappa shape index (κ1) is 18.1. The molecule has 0 aromatic heterocycles. The van der Waals surface area contributed by atoms with Gasteiger partial charge in [0.15, 0.2) is 0 Å². The predicted molar refractivity (Wildman–Crippen MR) is 95.3 cm³/mol. The Kier molecular flexibility index (Phi) is 6.91. The molecule has 0 saturated carbocycles. The highest BCUT2D eigenvalue weighted by Crippen LogP contribution is 2.31. The number of carbonyl (C=O) groups excluding carboxylic acids is 1. The van der Waals surface area contributed by atoms with Crippen LogP contribution in [0.2, 0.25) is 0 Å². The third-order valence-electron chi connectivity index (χ3n) is 4.18. The minimum absolute atomic E-state index is 0.108. The number of carbonyl (C=O) groups is 1. The first-order valence-corrected chi connectivity index (χ1v) is 8.71. The number of benzene rings is 2. The molecule has 0 fully saturated rings. The van der Waals surface area contributed by atoms with Crippen molar-refractivity contribution < 1.29 is 19.7 Å². The van der Waals surface area contributed by atoms with E-state index in [1.165, 1.54) is 0 Å². The normalized spacial score (nSPS) is 10.9. The topological polar surface area (TPSA) is 66.8 Å². The molecule has 24 heavy (non-hydrogen) atoms. The first-order valence-electron chi connectivity index (χ1n) is 8.71. The van der Waals surface area contributed by atoms with Crippen LogP contribution in [0.15, 0.2) is 30.3 Å². The third-order valence-corrected chi connectivity index (χ3v) is 4.18. The zero-order valence-electron chi connectivity index (χ0n) is 14.3. The van der Waals surface area contributed by atoms with Crippen molar-refractivity contribution >= 4 is 16.7 Å². The highest BCUT2D eigenvalue weighted by atomic mass is 16.5. The molecule has 130 valence electrons. The number of phenolic OH excluding ortho intramolecular Hbond substituents is 2. The van der Waals surface area contributed by atoms with E-state index < -0.39 is 0 Å². The molecule has 0 aliphatic carbocycles. The quantitative estimate of drug-likeness (QED) is 0.517. The summed E-state index contributed by atoms with van der Waals surface area (Å²) in [7, 11) is 0. The molecule has 0 saturated heterocycles. The number of fused-ring (bicyclic) bond motifs is 1. The Labute approximate surface area is 143 Å². The highest BCUT2D eigenvalue weighted by Gasteiger charge is 2.07. The molecule has 0 amide bonds. The lowest BCUT2D eigenvalue weighted by atomic mass is 9.98. The van der Waals surface area contributed by atoms with Crippen molar-refractivity contribution in [3.05, 3.63) is 35.9 Å². The molecule has 2 aromatic rings. The largest absolute Gasteiger partial charge is 0.508 e. The Morgan fingerprint density at radius 1 is 1.00 bits per heavy atom. The summed E-state index contributed by atoms with van der Waals surface area (Å²) in [4.78, 5) is 11.2. The van der Waals surface area contributed by atoms with Gasteiger partial charge in [-0.3, -0.25) is 4.79 Å². The van der Waals surface area contributed by atoms with Crippen LogP contribution in [-0.2, 0) is 16.0 Å². The number of esters is 1. The van der Waals surface area contributed by atoms with Gasteiger partial charge in [0.2, 0.25) is 0 Å². The van der Waals surface area contributed by atoms with E-state index in [-0.39, 0.29) is 17.5 Å². The summed E-state index contributed by atoms with van der Waals surface area (Å²) >= 11 is 0. The Balaban J connectivity index is 1.78. The molecule has 2 N–H and O–H groups in total. The van der Waals surface area contributed by atoms with Gasteiger partial charge in [0.1, 0.15) is 11.5 Å². The molecular formula is C20H26O4. The number of aryl methyl sites for hydroxylation is 1. The molecular weight excluding hydrogens is 304 g/mol. The average molecular weight is 330 g/mol. The molecule has 0 bridgehead atoms. The maximum atomic E-state index is 11.2. The van der Waals surface area contributed by atoms with Crippen molar-refractivity contribution in [1.82, 2.24) is 0 Å². The molecule has 4 heteroatoms. The van der Waals surface area contributed by atoms with E-state index in [4.69, 9.17) is 4.74 Å². The highest BCUT2D eigenvalue weighted by molar-refractivity contribution is 5.91. The standard InChI is InChI=1S/C20H26O4/c1-2-24-20(23)12-7-5-3-4-6-9-15-13-16(21)14-18-17(15)10-8-11-19(18)22/h8,10-11,13-14,21-22H,2-7,9,12H2,1H3. The van der Waals surface area contributed by atoms with Crippen LogP contribution < -0.4 is 0 Å². The van der Waals surface area contributed by atoms with Crippen molar-refractivity contribution in [2.45, 2.75) is 51.9 Å². The summed E-state index contributed by atoms with van der Waals surface area (Å²) in [6.07, 6.45) is 6.46. The maximum absolute atomic E-state index is 11.2. The Morgan fingerprint density at radius 3 is 2.54 bits per heavy atom.